The summed E-state index contributed by atoms with van der Waals surface area (Å²) in [7, 11) is 0. The molecule has 8 nitrogen and oxygen atoms in total. The van der Waals surface area contributed by atoms with E-state index in [1.165, 1.54) is 0 Å². The van der Waals surface area contributed by atoms with Gasteiger partial charge in [0.15, 0.2) is 0 Å². The Morgan fingerprint density at radius 2 is 1.93 bits per heavy atom. The van der Waals surface area contributed by atoms with Crippen molar-refractivity contribution in [3.63, 3.8) is 0 Å². The molecule has 0 heterocycles. The summed E-state index contributed by atoms with van der Waals surface area (Å²) >= 11 is 0. The molecule has 1 atom stereocenters. The average molecular weight is 390 g/mol. The summed E-state index contributed by atoms with van der Waals surface area (Å²) in [6, 6.07) is 13.4. The van der Waals surface area contributed by atoms with E-state index in [0.29, 0.717) is 5.75 Å². The van der Waals surface area contributed by atoms with Crippen LogP contribution in [0.5, 0.6) is 5.75 Å². The van der Waals surface area contributed by atoms with Crippen molar-refractivity contribution in [3.8, 4) is 5.75 Å². The van der Waals surface area contributed by atoms with Crippen molar-refractivity contribution >= 4 is 16.7 Å². The number of amides is 1. The highest BCUT2D eigenvalue weighted by molar-refractivity contribution is 5.88. The Labute approximate surface area is 163 Å². The molecule has 0 fully saturated rings. The lowest BCUT2D eigenvalue weighted by Crippen LogP contribution is -2.43. The summed E-state index contributed by atoms with van der Waals surface area (Å²) in [5.41, 5.74) is 0. The normalized spacial score (nSPS) is 12.0. The lowest BCUT2D eigenvalue weighted by atomic mass is 10.1. The molecule has 0 bridgehead atoms. The Morgan fingerprint density at radius 1 is 1.21 bits per heavy atom. The summed E-state index contributed by atoms with van der Waals surface area (Å²) in [5.74, 6) is 0.489. The number of carbonyl (C=O) groups is 1. The van der Waals surface area contributed by atoms with Crippen LogP contribution >= 0.6 is 0 Å². The van der Waals surface area contributed by atoms with Crippen LogP contribution in [0.4, 0.5) is 0 Å². The molecular formula is C20H26N2O6. The first-order valence-electron chi connectivity index (χ1n) is 9.24. The lowest BCUT2D eigenvalue weighted by Gasteiger charge is -2.29. The average Bonchev–Trinajstić information content (AvgIpc) is 2.67. The molecule has 8 heteroatoms. The van der Waals surface area contributed by atoms with Crippen molar-refractivity contribution in [1.82, 2.24) is 4.90 Å². The van der Waals surface area contributed by atoms with Crippen LogP contribution < -0.4 is 4.74 Å². The minimum absolute atomic E-state index is 0.0505. The van der Waals surface area contributed by atoms with Crippen LogP contribution in [0.1, 0.15) is 26.7 Å². The largest absolute Gasteiger partial charge is 0.490 e. The fraction of sp³-hybridized carbons (Fsp3) is 0.450. The van der Waals surface area contributed by atoms with Gasteiger partial charge in [-0.2, -0.15) is 0 Å². The number of aliphatic hydroxyl groups is 1. The molecular weight excluding hydrogens is 364 g/mol. The molecule has 2 rings (SSSR count). The van der Waals surface area contributed by atoms with Crippen LogP contribution in [0.25, 0.3) is 10.8 Å². The quantitative estimate of drug-likeness (QED) is 0.360. The van der Waals surface area contributed by atoms with E-state index in [-0.39, 0.29) is 44.5 Å². The Bertz CT molecular complexity index is 790. The van der Waals surface area contributed by atoms with Crippen LogP contribution in [0.3, 0.4) is 0 Å². The molecule has 0 aliphatic rings. The van der Waals surface area contributed by atoms with E-state index in [1.54, 1.807) is 4.90 Å². The molecule has 2 aromatic rings. The topological polar surface area (TPSA) is 102 Å². The van der Waals surface area contributed by atoms with Gasteiger partial charge in [0.25, 0.3) is 5.09 Å². The molecule has 0 spiro atoms. The summed E-state index contributed by atoms with van der Waals surface area (Å²) in [4.78, 5) is 28.3. The van der Waals surface area contributed by atoms with E-state index in [9.17, 15) is 20.0 Å². The van der Waals surface area contributed by atoms with Crippen LogP contribution in [0, 0.1) is 10.1 Å². The number of benzene rings is 2. The zero-order valence-electron chi connectivity index (χ0n) is 16.1. The fourth-order valence-corrected chi connectivity index (χ4v) is 2.89. The highest BCUT2D eigenvalue weighted by Gasteiger charge is 2.20. The third-order valence-electron chi connectivity index (χ3n) is 4.26. The smallest absolute Gasteiger partial charge is 0.294 e. The van der Waals surface area contributed by atoms with Gasteiger partial charge in [0.1, 0.15) is 18.5 Å². The Hall–Kier alpha value is -2.87. The minimum Gasteiger partial charge on any atom is -0.490 e. The lowest BCUT2D eigenvalue weighted by molar-refractivity contribution is -0.757. The number of carbonyl (C=O) groups excluding carboxylic acids is 1. The molecule has 0 aliphatic heterocycles. The predicted molar refractivity (Wildman–Crippen MR) is 104 cm³/mol. The molecule has 28 heavy (non-hydrogen) atoms. The Morgan fingerprint density at radius 3 is 2.64 bits per heavy atom. The van der Waals surface area contributed by atoms with Crippen LogP contribution in [0.15, 0.2) is 42.5 Å². The van der Waals surface area contributed by atoms with Gasteiger partial charge in [-0.1, -0.05) is 36.4 Å². The van der Waals surface area contributed by atoms with E-state index in [4.69, 9.17) is 4.74 Å². The highest BCUT2D eigenvalue weighted by Crippen LogP contribution is 2.25. The van der Waals surface area contributed by atoms with Gasteiger partial charge in [0, 0.05) is 17.8 Å². The summed E-state index contributed by atoms with van der Waals surface area (Å²) in [6.45, 7) is 3.75. The van der Waals surface area contributed by atoms with Gasteiger partial charge in [-0.05, 0) is 31.7 Å². The van der Waals surface area contributed by atoms with E-state index in [0.717, 1.165) is 10.8 Å². The molecule has 1 amide bonds. The maximum absolute atomic E-state index is 12.4. The number of hydrogen-bond donors (Lipinski definition) is 1. The van der Waals surface area contributed by atoms with E-state index >= 15 is 0 Å². The second-order valence-electron chi connectivity index (χ2n) is 6.74. The third-order valence-corrected chi connectivity index (χ3v) is 4.26. The first-order chi connectivity index (χ1) is 13.4. The van der Waals surface area contributed by atoms with Gasteiger partial charge < -0.3 is 19.6 Å². The van der Waals surface area contributed by atoms with E-state index < -0.39 is 11.2 Å². The zero-order chi connectivity index (χ0) is 20.5. The number of hydrogen-bond acceptors (Lipinski definition) is 6. The van der Waals surface area contributed by atoms with Crippen molar-refractivity contribution < 1.29 is 24.6 Å². The standard InChI is InChI=1S/C20H26N2O6/c1-15(2)21(20(24)11-6-12-28-22(25)26)13-17(23)14-27-19-10-5-8-16-7-3-4-9-18(16)19/h3-5,7-10,15,17,23H,6,11-14H2,1-2H3. The highest BCUT2D eigenvalue weighted by atomic mass is 16.9. The molecule has 0 saturated carbocycles. The van der Waals surface area contributed by atoms with Crippen molar-refractivity contribution in [2.75, 3.05) is 19.8 Å². The number of fused-ring (bicyclic) bond motifs is 1. The van der Waals surface area contributed by atoms with Crippen molar-refractivity contribution in [2.24, 2.45) is 0 Å². The van der Waals surface area contributed by atoms with Crippen LogP contribution in [-0.2, 0) is 9.63 Å². The summed E-state index contributed by atoms with van der Waals surface area (Å²) in [5, 5.41) is 21.6. The van der Waals surface area contributed by atoms with Gasteiger partial charge in [-0.25, -0.2) is 0 Å². The molecule has 1 N–H and O–H groups in total. The molecule has 0 aromatic heterocycles. The van der Waals surface area contributed by atoms with E-state index in [1.807, 2.05) is 56.3 Å². The van der Waals surface area contributed by atoms with Gasteiger partial charge in [0.2, 0.25) is 5.91 Å². The summed E-state index contributed by atoms with van der Waals surface area (Å²) < 4.78 is 5.78. The number of ether oxygens (including phenoxy) is 1. The van der Waals surface area contributed by atoms with Crippen molar-refractivity contribution in [1.29, 1.82) is 0 Å². The molecule has 0 aliphatic carbocycles. The first-order valence-corrected chi connectivity index (χ1v) is 9.24. The first kappa shape index (κ1) is 21.4. The Kier molecular flexibility index (Phi) is 8.01. The van der Waals surface area contributed by atoms with Gasteiger partial charge in [0.05, 0.1) is 13.2 Å². The van der Waals surface area contributed by atoms with Gasteiger partial charge in [-0.15, -0.1) is 10.1 Å². The molecule has 0 radical (unpaired) electrons. The molecule has 0 saturated heterocycles. The van der Waals surface area contributed by atoms with Crippen LogP contribution in [0.2, 0.25) is 0 Å². The number of nitrogens with zero attached hydrogens (tertiary/aromatic N) is 2. The van der Waals surface area contributed by atoms with Crippen molar-refractivity contribution in [3.05, 3.63) is 52.6 Å². The second-order valence-corrected chi connectivity index (χ2v) is 6.74. The van der Waals surface area contributed by atoms with Crippen molar-refractivity contribution in [2.45, 2.75) is 38.8 Å². The maximum atomic E-state index is 12.4. The minimum atomic E-state index is -0.876. The van der Waals surface area contributed by atoms with E-state index in [2.05, 4.69) is 4.84 Å². The van der Waals surface area contributed by atoms with Crippen LogP contribution in [-0.4, -0.2) is 52.9 Å². The monoisotopic (exact) mass is 390 g/mol. The SMILES string of the molecule is CC(C)N(CC(O)COc1cccc2ccccc12)C(=O)CCCO[N+](=O)[O-]. The zero-order valence-corrected chi connectivity index (χ0v) is 16.1. The Balaban J connectivity index is 1.88. The molecule has 152 valence electrons. The summed E-state index contributed by atoms with van der Waals surface area (Å²) in [6.07, 6.45) is -0.505. The number of rotatable bonds is 11. The maximum Gasteiger partial charge on any atom is 0.294 e. The van der Waals surface area contributed by atoms with Gasteiger partial charge in [-0.3, -0.25) is 4.79 Å². The fourth-order valence-electron chi connectivity index (χ4n) is 2.89. The predicted octanol–water partition coefficient (Wildman–Crippen LogP) is 2.81. The molecule has 1 unspecified atom stereocenters. The third kappa shape index (κ3) is 6.38. The number of aliphatic hydroxyl groups excluding tert-OH is 1. The second kappa shape index (κ2) is 10.5. The molecule has 2 aromatic carbocycles. The van der Waals surface area contributed by atoms with Gasteiger partial charge >= 0.3 is 0 Å².